The summed E-state index contributed by atoms with van der Waals surface area (Å²) in [6, 6.07) is 0. The lowest BCUT2D eigenvalue weighted by Gasteiger charge is -2.57. The van der Waals surface area contributed by atoms with Gasteiger partial charge in [0.2, 0.25) is 5.91 Å². The molecule has 0 unspecified atom stereocenters. The molecule has 2 fully saturated rings. The van der Waals surface area contributed by atoms with Gasteiger partial charge in [-0.3, -0.25) is 9.59 Å². The minimum Gasteiger partial charge on any atom is -0.302 e. The first kappa shape index (κ1) is 19.5. The van der Waals surface area contributed by atoms with Gasteiger partial charge in [-0.15, -0.1) is 0 Å². The van der Waals surface area contributed by atoms with Crippen molar-refractivity contribution in [2.75, 3.05) is 5.32 Å². The molecule has 0 saturated heterocycles. The molecule has 0 aromatic carbocycles. The van der Waals surface area contributed by atoms with E-state index in [9.17, 15) is 9.59 Å². The van der Waals surface area contributed by atoms with E-state index in [1.54, 1.807) is 18.3 Å². The molecule has 29 heavy (non-hydrogen) atoms. The summed E-state index contributed by atoms with van der Waals surface area (Å²) in [5.74, 6) is 2.71. The number of allylic oxidation sites excluding steroid dienone is 2. The average molecular weight is 413 g/mol. The summed E-state index contributed by atoms with van der Waals surface area (Å²) in [4.78, 5) is 29.8. The zero-order valence-electron chi connectivity index (χ0n) is 18.0. The summed E-state index contributed by atoms with van der Waals surface area (Å²) >= 11 is 1.65. The van der Waals surface area contributed by atoms with Crippen LogP contribution in [-0.2, 0) is 16.0 Å². The number of nitrogens with zero attached hydrogens (tertiary/aromatic N) is 1. The lowest BCUT2D eigenvalue weighted by Crippen LogP contribution is -2.49. The number of aryl methyl sites for hydroxylation is 1. The molecule has 156 valence electrons. The minimum absolute atomic E-state index is 0.0515. The number of anilines is 1. The van der Waals surface area contributed by atoms with Crippen molar-refractivity contribution in [3.8, 4) is 0 Å². The van der Waals surface area contributed by atoms with Gasteiger partial charge < -0.3 is 5.32 Å². The number of ketones is 1. The average Bonchev–Trinajstić information content (AvgIpc) is 3.20. The molecular weight excluding hydrogens is 380 g/mol. The highest BCUT2D eigenvalue weighted by Gasteiger charge is 2.59. The molecule has 4 nitrogen and oxygen atoms in total. The Morgan fingerprint density at radius 3 is 2.66 bits per heavy atom. The van der Waals surface area contributed by atoms with Crippen molar-refractivity contribution in [3.05, 3.63) is 16.6 Å². The number of amides is 1. The summed E-state index contributed by atoms with van der Waals surface area (Å²) in [5, 5.41) is 3.63. The van der Waals surface area contributed by atoms with Crippen LogP contribution in [-0.4, -0.2) is 16.7 Å². The molecule has 5 rings (SSSR count). The molecule has 2 saturated carbocycles. The highest BCUT2D eigenvalue weighted by Crippen LogP contribution is 2.67. The van der Waals surface area contributed by atoms with Crippen LogP contribution >= 0.6 is 11.3 Å². The fourth-order valence-electron chi connectivity index (χ4n) is 7.75. The zero-order valence-corrected chi connectivity index (χ0v) is 18.8. The molecule has 0 aliphatic heterocycles. The topological polar surface area (TPSA) is 59.1 Å². The molecule has 1 aromatic rings. The maximum atomic E-state index is 12.3. The SMILES string of the molecule is CC(=O)Nc1nc2c(s1)C1=CC[C@H]3[C@@H]4CC[C@H](C(C)=O)[C@@]4(C)CC[C@@H]3[C@@]1(C)CC2. The second kappa shape index (κ2) is 6.50. The van der Waals surface area contributed by atoms with E-state index < -0.39 is 0 Å². The van der Waals surface area contributed by atoms with Crippen LogP contribution < -0.4 is 5.32 Å². The first-order valence-electron chi connectivity index (χ1n) is 11.2. The molecular formula is C24H32N2O2S. The Hall–Kier alpha value is -1.49. The Bertz CT molecular complexity index is 918. The summed E-state index contributed by atoms with van der Waals surface area (Å²) in [6.07, 6.45) is 10.5. The van der Waals surface area contributed by atoms with E-state index in [2.05, 4.69) is 25.2 Å². The summed E-state index contributed by atoms with van der Waals surface area (Å²) in [7, 11) is 0. The number of aromatic nitrogens is 1. The van der Waals surface area contributed by atoms with Gasteiger partial charge in [0.15, 0.2) is 5.13 Å². The largest absolute Gasteiger partial charge is 0.302 e. The summed E-state index contributed by atoms with van der Waals surface area (Å²) in [6.45, 7) is 8.25. The molecule has 0 spiro atoms. The fraction of sp³-hybridized carbons (Fsp3) is 0.708. The molecule has 1 amide bonds. The van der Waals surface area contributed by atoms with Crippen molar-refractivity contribution >= 4 is 33.7 Å². The third-order valence-corrected chi connectivity index (χ3v) is 10.1. The van der Waals surface area contributed by atoms with Crippen LogP contribution in [0.25, 0.3) is 5.57 Å². The van der Waals surface area contributed by atoms with Crippen molar-refractivity contribution in [1.29, 1.82) is 0 Å². The standard InChI is InChI=1S/C24H32N2O2S/c1-13(27)16-7-8-17-15-5-6-19-21-20(26-22(29-21)25-14(2)28)10-12-24(19,4)18(15)9-11-23(16,17)3/h6,15-18H,5,7-12H2,1-4H3,(H,25,26,28)/t15-,16+,17-,18-,23+,24+/m0/s1. The van der Waals surface area contributed by atoms with E-state index in [4.69, 9.17) is 4.98 Å². The number of thiazole rings is 1. The van der Waals surface area contributed by atoms with Gasteiger partial charge >= 0.3 is 0 Å². The number of hydrogen-bond acceptors (Lipinski definition) is 4. The van der Waals surface area contributed by atoms with Gasteiger partial charge in [-0.1, -0.05) is 31.3 Å². The third kappa shape index (κ3) is 2.72. The van der Waals surface area contributed by atoms with Gasteiger partial charge in [-0.2, -0.15) is 0 Å². The number of carbonyl (C=O) groups is 2. The van der Waals surface area contributed by atoms with E-state index in [1.165, 1.54) is 35.4 Å². The van der Waals surface area contributed by atoms with Crippen LogP contribution in [0.2, 0.25) is 0 Å². The third-order valence-electron chi connectivity index (χ3n) is 9.06. The van der Waals surface area contributed by atoms with Crippen molar-refractivity contribution < 1.29 is 9.59 Å². The van der Waals surface area contributed by atoms with Crippen LogP contribution in [0.5, 0.6) is 0 Å². The van der Waals surface area contributed by atoms with Crippen molar-refractivity contribution in [2.24, 2.45) is 34.5 Å². The number of nitrogens with one attached hydrogen (secondary N) is 1. The Balaban J connectivity index is 1.50. The number of hydrogen-bond donors (Lipinski definition) is 1. The van der Waals surface area contributed by atoms with Gasteiger partial charge in [0.25, 0.3) is 0 Å². The van der Waals surface area contributed by atoms with Crippen LogP contribution in [0.3, 0.4) is 0 Å². The Kier molecular flexibility index (Phi) is 4.37. The number of rotatable bonds is 2. The number of Topliss-reactive ketones (excluding diaryl/α,β-unsaturated/α-hetero) is 1. The fourth-order valence-corrected chi connectivity index (χ4v) is 8.98. The summed E-state index contributed by atoms with van der Waals surface area (Å²) in [5.41, 5.74) is 3.06. The molecule has 5 heteroatoms. The monoisotopic (exact) mass is 412 g/mol. The van der Waals surface area contributed by atoms with Gasteiger partial charge in [-0.05, 0) is 86.0 Å². The van der Waals surface area contributed by atoms with Crippen LogP contribution in [0.1, 0.15) is 76.8 Å². The molecule has 0 radical (unpaired) electrons. The van der Waals surface area contributed by atoms with E-state index in [1.807, 2.05) is 6.92 Å². The Morgan fingerprint density at radius 1 is 1.14 bits per heavy atom. The molecule has 4 aliphatic carbocycles. The minimum atomic E-state index is -0.0515. The van der Waals surface area contributed by atoms with Crippen LogP contribution in [0.4, 0.5) is 5.13 Å². The van der Waals surface area contributed by atoms with Crippen molar-refractivity contribution in [2.45, 2.75) is 72.6 Å². The van der Waals surface area contributed by atoms with Crippen LogP contribution in [0.15, 0.2) is 6.08 Å². The molecule has 1 heterocycles. The van der Waals surface area contributed by atoms with Gasteiger partial charge in [0.1, 0.15) is 5.78 Å². The Morgan fingerprint density at radius 2 is 1.93 bits per heavy atom. The normalized spacial score (nSPS) is 40.2. The first-order valence-corrected chi connectivity index (χ1v) is 12.0. The molecule has 6 atom stereocenters. The summed E-state index contributed by atoms with van der Waals surface area (Å²) < 4.78 is 0. The predicted molar refractivity (Wildman–Crippen MR) is 117 cm³/mol. The molecule has 0 bridgehead atoms. The lowest BCUT2D eigenvalue weighted by atomic mass is 9.47. The van der Waals surface area contributed by atoms with E-state index in [0.29, 0.717) is 23.5 Å². The molecule has 1 aromatic heterocycles. The lowest BCUT2D eigenvalue weighted by molar-refractivity contribution is -0.127. The quantitative estimate of drug-likeness (QED) is 0.699. The van der Waals surface area contributed by atoms with E-state index in [-0.39, 0.29) is 22.7 Å². The number of carbonyl (C=O) groups excluding carboxylic acids is 2. The van der Waals surface area contributed by atoms with E-state index in [0.717, 1.165) is 30.8 Å². The van der Waals surface area contributed by atoms with Crippen molar-refractivity contribution in [1.82, 2.24) is 4.98 Å². The first-order chi connectivity index (χ1) is 13.7. The highest BCUT2D eigenvalue weighted by atomic mass is 32.1. The maximum absolute atomic E-state index is 12.3. The Labute approximate surface area is 177 Å². The van der Waals surface area contributed by atoms with Gasteiger partial charge in [0.05, 0.1) is 10.6 Å². The number of fused-ring (bicyclic) bond motifs is 7. The van der Waals surface area contributed by atoms with Gasteiger partial charge in [0, 0.05) is 12.8 Å². The molecule has 4 aliphatic rings. The van der Waals surface area contributed by atoms with Gasteiger partial charge in [-0.25, -0.2) is 4.98 Å². The second-order valence-corrected chi connectivity index (χ2v) is 11.4. The van der Waals surface area contributed by atoms with Crippen molar-refractivity contribution in [3.63, 3.8) is 0 Å². The highest BCUT2D eigenvalue weighted by molar-refractivity contribution is 7.17. The maximum Gasteiger partial charge on any atom is 0.223 e. The second-order valence-electron chi connectivity index (χ2n) is 10.4. The van der Waals surface area contributed by atoms with Crippen LogP contribution in [0, 0.1) is 34.5 Å². The van der Waals surface area contributed by atoms with E-state index >= 15 is 0 Å². The zero-order chi connectivity index (χ0) is 20.6. The molecule has 1 N–H and O–H groups in total. The predicted octanol–water partition coefficient (Wildman–Crippen LogP) is 5.49. The smallest absolute Gasteiger partial charge is 0.223 e.